The topological polar surface area (TPSA) is 118 Å². The van der Waals surface area contributed by atoms with Gasteiger partial charge in [0, 0.05) is 58.1 Å². The number of anilines is 4. The van der Waals surface area contributed by atoms with E-state index in [1.54, 1.807) is 15.8 Å². The van der Waals surface area contributed by atoms with Crippen molar-refractivity contribution in [1.29, 1.82) is 0 Å². The van der Waals surface area contributed by atoms with Crippen molar-refractivity contribution in [2.24, 2.45) is 0 Å². The number of aromatic nitrogens is 5. The summed E-state index contributed by atoms with van der Waals surface area (Å²) in [5.41, 5.74) is 13.1. The molecule has 3 aromatic rings. The average molecular weight is 507 g/mol. The largest absolute Gasteiger partial charge is 0.394 e. The summed E-state index contributed by atoms with van der Waals surface area (Å²) in [4.78, 5) is 18.7. The quantitative estimate of drug-likeness (QED) is 0.484. The number of rotatable bonds is 6. The summed E-state index contributed by atoms with van der Waals surface area (Å²) in [7, 11) is 3.66. The van der Waals surface area contributed by atoms with Gasteiger partial charge in [0.25, 0.3) is 5.95 Å². The molecule has 0 radical (unpaired) electrons. The molecule has 1 aliphatic rings. The van der Waals surface area contributed by atoms with Crippen LogP contribution in [0.4, 0.5) is 32.1 Å². The number of benzene rings is 1. The number of hydrogen-bond donors (Lipinski definition) is 2. The summed E-state index contributed by atoms with van der Waals surface area (Å²) >= 11 is 0. The smallest absolute Gasteiger partial charge is 0.257 e. The van der Waals surface area contributed by atoms with Gasteiger partial charge < -0.3 is 21.3 Å². The fourth-order valence-corrected chi connectivity index (χ4v) is 3.72. The van der Waals surface area contributed by atoms with Crippen molar-refractivity contribution in [1.82, 2.24) is 29.6 Å². The van der Waals surface area contributed by atoms with Crippen molar-refractivity contribution < 1.29 is 8.78 Å². The Morgan fingerprint density at radius 3 is 2.31 bits per heavy atom. The first kappa shape index (κ1) is 26.1. The van der Waals surface area contributed by atoms with Gasteiger partial charge in [-0.25, -0.2) is 13.5 Å². The molecule has 0 atom stereocenters. The molecule has 13 heteroatoms. The van der Waals surface area contributed by atoms with Gasteiger partial charge in [0.2, 0.25) is 11.9 Å². The third kappa shape index (κ3) is 5.77. The lowest BCUT2D eigenvalue weighted by atomic mass is 10.2. The summed E-state index contributed by atoms with van der Waals surface area (Å²) in [6, 6.07) is 2.58. The first-order valence-electron chi connectivity index (χ1n) is 10.8. The molecule has 4 rings (SSSR count). The van der Waals surface area contributed by atoms with Crippen LogP contribution in [0.2, 0.25) is 0 Å². The minimum absolute atomic E-state index is 0. The van der Waals surface area contributed by atoms with Crippen molar-refractivity contribution in [3.8, 4) is 5.95 Å². The number of nitrogen functional groups attached to an aromatic ring is 2. The fourth-order valence-electron chi connectivity index (χ4n) is 3.72. The second kappa shape index (κ2) is 10.8. The van der Waals surface area contributed by atoms with Crippen molar-refractivity contribution in [3.05, 3.63) is 47.3 Å². The Morgan fingerprint density at radius 1 is 1.03 bits per heavy atom. The van der Waals surface area contributed by atoms with E-state index in [4.69, 9.17) is 11.5 Å². The lowest BCUT2D eigenvalue weighted by Gasteiger charge is -2.35. The zero-order chi connectivity index (χ0) is 24.4. The average Bonchev–Trinajstić information content (AvgIpc) is 3.17. The Balaban J connectivity index is 0.00000342. The van der Waals surface area contributed by atoms with E-state index in [1.807, 2.05) is 32.0 Å². The third-order valence-electron chi connectivity index (χ3n) is 5.73. The number of nitrogens with zero attached hydrogens (tertiary/aromatic N) is 8. The van der Waals surface area contributed by atoms with Crippen LogP contribution in [0.5, 0.6) is 0 Å². The van der Waals surface area contributed by atoms with E-state index in [0.29, 0.717) is 30.7 Å². The van der Waals surface area contributed by atoms with Crippen LogP contribution in [-0.2, 0) is 0 Å². The molecule has 1 saturated heterocycles. The second-order valence-corrected chi connectivity index (χ2v) is 8.30. The van der Waals surface area contributed by atoms with E-state index in [2.05, 4.69) is 31.0 Å². The van der Waals surface area contributed by atoms with E-state index < -0.39 is 17.3 Å². The molecular weight excluding hydrogens is 478 g/mol. The minimum Gasteiger partial charge on any atom is -0.394 e. The zero-order valence-corrected chi connectivity index (χ0v) is 20.6. The van der Waals surface area contributed by atoms with Crippen molar-refractivity contribution >= 4 is 41.8 Å². The maximum Gasteiger partial charge on any atom is 0.257 e. The standard InChI is InChI=1S/C22H28F2N10.ClH/c1-14-15(13-27-34(14)22-29-20(26)28-21(30-22)31(2)3)5-4-6-32-7-9-33(10-8-32)16-11-17(23)19(25)18(24)12-16;/h4-5,11-13H,6-10,25H2,1-3H3,(H2,26,28,29,30);1H/b5-4+;. The van der Waals surface area contributed by atoms with Crippen molar-refractivity contribution in [2.75, 3.05) is 68.1 Å². The Kier molecular flexibility index (Phi) is 8.07. The molecule has 0 unspecified atom stereocenters. The van der Waals surface area contributed by atoms with Gasteiger partial charge in [-0.2, -0.15) is 20.1 Å². The second-order valence-electron chi connectivity index (χ2n) is 8.30. The van der Waals surface area contributed by atoms with Crippen LogP contribution in [0.25, 0.3) is 12.0 Å². The first-order chi connectivity index (χ1) is 16.2. The number of nitrogens with two attached hydrogens (primary N) is 2. The van der Waals surface area contributed by atoms with E-state index in [1.165, 1.54) is 12.1 Å². The maximum atomic E-state index is 13.8. The summed E-state index contributed by atoms with van der Waals surface area (Å²) in [6.07, 6.45) is 5.83. The van der Waals surface area contributed by atoms with Crippen LogP contribution in [0.1, 0.15) is 11.3 Å². The Morgan fingerprint density at radius 2 is 1.69 bits per heavy atom. The van der Waals surface area contributed by atoms with Gasteiger partial charge in [-0.15, -0.1) is 12.4 Å². The van der Waals surface area contributed by atoms with Gasteiger partial charge in [0.1, 0.15) is 5.69 Å². The van der Waals surface area contributed by atoms with Crippen LogP contribution in [0, 0.1) is 18.6 Å². The lowest BCUT2D eigenvalue weighted by molar-refractivity contribution is 0.284. The molecular formula is C22H29ClF2N10. The third-order valence-corrected chi connectivity index (χ3v) is 5.73. The van der Waals surface area contributed by atoms with Crippen LogP contribution in [0.3, 0.4) is 0 Å². The van der Waals surface area contributed by atoms with E-state index in [9.17, 15) is 8.78 Å². The molecule has 0 bridgehead atoms. The highest BCUT2D eigenvalue weighted by Gasteiger charge is 2.19. The Labute approximate surface area is 208 Å². The first-order valence-corrected chi connectivity index (χ1v) is 10.8. The molecule has 3 heterocycles. The Bertz CT molecular complexity index is 1180. The van der Waals surface area contributed by atoms with Crippen LogP contribution < -0.4 is 21.3 Å². The molecule has 1 aliphatic heterocycles. The van der Waals surface area contributed by atoms with E-state index in [0.717, 1.165) is 30.9 Å². The van der Waals surface area contributed by atoms with Gasteiger partial charge in [-0.05, 0) is 19.1 Å². The molecule has 1 fully saturated rings. The summed E-state index contributed by atoms with van der Waals surface area (Å²) in [5, 5.41) is 4.40. The van der Waals surface area contributed by atoms with Gasteiger partial charge in [-0.1, -0.05) is 12.2 Å². The highest BCUT2D eigenvalue weighted by Crippen LogP contribution is 2.24. The van der Waals surface area contributed by atoms with Crippen LogP contribution in [-0.4, -0.2) is 76.5 Å². The predicted octanol–water partition coefficient (Wildman–Crippen LogP) is 2.13. The van der Waals surface area contributed by atoms with Gasteiger partial charge in [-0.3, -0.25) is 4.90 Å². The molecule has 1 aromatic carbocycles. The van der Waals surface area contributed by atoms with Crippen molar-refractivity contribution in [3.63, 3.8) is 0 Å². The molecule has 35 heavy (non-hydrogen) atoms. The zero-order valence-electron chi connectivity index (χ0n) is 19.8. The molecule has 0 amide bonds. The fraction of sp³-hybridized carbons (Fsp3) is 0.364. The van der Waals surface area contributed by atoms with Gasteiger partial charge >= 0.3 is 0 Å². The normalized spacial score (nSPS) is 14.4. The van der Waals surface area contributed by atoms with Gasteiger partial charge in [0.15, 0.2) is 11.6 Å². The number of halogens is 3. The van der Waals surface area contributed by atoms with E-state index >= 15 is 0 Å². The molecule has 0 saturated carbocycles. The van der Waals surface area contributed by atoms with Crippen molar-refractivity contribution in [2.45, 2.75) is 6.92 Å². The molecule has 2 aromatic heterocycles. The van der Waals surface area contributed by atoms with Crippen LogP contribution >= 0.6 is 12.4 Å². The minimum atomic E-state index is -0.728. The molecule has 0 spiro atoms. The molecule has 188 valence electrons. The molecule has 10 nitrogen and oxygen atoms in total. The molecule has 4 N–H and O–H groups in total. The van der Waals surface area contributed by atoms with Crippen LogP contribution in [0.15, 0.2) is 24.4 Å². The van der Waals surface area contributed by atoms with Gasteiger partial charge in [0.05, 0.1) is 11.9 Å². The summed E-state index contributed by atoms with van der Waals surface area (Å²) < 4.78 is 29.2. The monoisotopic (exact) mass is 506 g/mol. The summed E-state index contributed by atoms with van der Waals surface area (Å²) in [5.74, 6) is -0.509. The predicted molar refractivity (Wildman–Crippen MR) is 136 cm³/mol. The summed E-state index contributed by atoms with van der Waals surface area (Å²) in [6.45, 7) is 5.56. The Hall–Kier alpha value is -3.51. The SMILES string of the molecule is Cc1c(/C=C/CN2CCN(c3cc(F)c(N)c(F)c3)CC2)cnn1-c1nc(N)nc(N(C)C)n1.Cl. The highest BCUT2D eigenvalue weighted by molar-refractivity contribution is 5.85. The van der Waals surface area contributed by atoms with E-state index in [-0.39, 0.29) is 18.4 Å². The number of hydrogen-bond acceptors (Lipinski definition) is 9. The lowest BCUT2D eigenvalue weighted by Crippen LogP contribution is -2.46. The maximum absolute atomic E-state index is 13.8. The molecule has 0 aliphatic carbocycles. The highest BCUT2D eigenvalue weighted by atomic mass is 35.5. The number of piperazine rings is 1.